The summed E-state index contributed by atoms with van der Waals surface area (Å²) in [6.45, 7) is 5.47. The molecule has 0 bridgehead atoms. The van der Waals surface area contributed by atoms with Gasteiger partial charge in [0.25, 0.3) is 5.56 Å². The minimum atomic E-state index is -4.60. The zero-order chi connectivity index (χ0) is 40.7. The number of hydrogen-bond donors (Lipinski definition) is 3. The zero-order valence-electron chi connectivity index (χ0n) is 31.7. The number of aromatic nitrogens is 1. The Balaban J connectivity index is 0.989. The summed E-state index contributed by atoms with van der Waals surface area (Å²) in [6.07, 6.45) is -4.29. The van der Waals surface area contributed by atoms with Crippen LogP contribution in [0, 0.1) is 0 Å². The van der Waals surface area contributed by atoms with E-state index in [2.05, 4.69) is 10.3 Å². The number of H-pyrrole nitrogens is 1. The topological polar surface area (TPSA) is 182 Å². The van der Waals surface area contributed by atoms with Crippen molar-refractivity contribution in [3.8, 4) is 11.3 Å². The van der Waals surface area contributed by atoms with Crippen LogP contribution in [0.1, 0.15) is 23.5 Å². The number of benzene rings is 2. The van der Waals surface area contributed by atoms with Gasteiger partial charge in [-0.3, -0.25) is 9.59 Å². The Morgan fingerprint density at radius 3 is 1.77 bits per heavy atom. The summed E-state index contributed by atoms with van der Waals surface area (Å²) in [7, 11) is 0. The van der Waals surface area contributed by atoms with Crippen molar-refractivity contribution in [1.82, 2.24) is 10.3 Å². The molecule has 3 N–H and O–H groups in total. The quantitative estimate of drug-likeness (QED) is 0.0689. The van der Waals surface area contributed by atoms with Gasteiger partial charge >= 0.3 is 12.1 Å². The highest BCUT2D eigenvalue weighted by Crippen LogP contribution is 2.37. The molecule has 1 unspecified atom stereocenters. The van der Waals surface area contributed by atoms with E-state index in [-0.39, 0.29) is 55.6 Å². The molecule has 1 amide bonds. The summed E-state index contributed by atoms with van der Waals surface area (Å²) < 4.78 is 88.8. The number of amides is 1. The third-order valence-electron chi connectivity index (χ3n) is 8.48. The van der Waals surface area contributed by atoms with E-state index < -0.39 is 35.2 Å². The first kappa shape index (κ1) is 45.7. The number of aliphatic hydroxyl groups is 1. The van der Waals surface area contributed by atoms with Gasteiger partial charge < -0.3 is 58.0 Å². The molecule has 57 heavy (non-hydrogen) atoms. The Labute approximate surface area is 327 Å². The minimum Gasteiger partial charge on any atom is -0.462 e. The van der Waals surface area contributed by atoms with Crippen LogP contribution in [-0.4, -0.2) is 147 Å². The second-order valence-electron chi connectivity index (χ2n) is 12.6. The van der Waals surface area contributed by atoms with E-state index in [0.717, 1.165) is 6.07 Å². The van der Waals surface area contributed by atoms with Crippen LogP contribution in [0.25, 0.3) is 22.0 Å². The number of carbonyl (C=O) groups is 2. The first-order valence-electron chi connectivity index (χ1n) is 18.7. The van der Waals surface area contributed by atoms with Crippen molar-refractivity contribution in [3.05, 3.63) is 70.0 Å². The van der Waals surface area contributed by atoms with E-state index in [1.165, 1.54) is 24.3 Å². The number of ether oxygens (including phenoxy) is 9. The number of hydrogen-bond acceptors (Lipinski definition) is 13. The molecule has 1 saturated heterocycles. The predicted octanol–water partition coefficient (Wildman–Crippen LogP) is 2.85. The molecule has 3 aromatic rings. The monoisotopic (exact) mass is 812 g/mol. The standard InChI is InChI=1S/C39H51F3N2O13/c40-39(41,42)34-4-2-1-3-31(34)35-24-29-6-5-28(23-32(29)38(48)44-35)33-25-30(43-37(33)47)26-57-36(46)27-56-22-21-55-20-19-54-18-17-53-16-15-52-14-13-51-12-11-50-10-9-49-8-7-45/h1-6,23-24,30,33,45H,7-22,25-27H2,(H,43,47)(H,44,48)/t30?,33-/m0/s1. The third kappa shape index (κ3) is 16.4. The molecule has 15 nitrogen and oxygen atoms in total. The summed E-state index contributed by atoms with van der Waals surface area (Å²) in [5.74, 6) is -1.51. The Hall–Kier alpha value is -3.98. The van der Waals surface area contributed by atoms with Gasteiger partial charge in [0.2, 0.25) is 5.91 Å². The molecule has 0 spiro atoms. The molecule has 2 atom stereocenters. The zero-order valence-corrected chi connectivity index (χ0v) is 31.7. The van der Waals surface area contributed by atoms with Crippen LogP contribution in [0.5, 0.6) is 0 Å². The molecule has 2 heterocycles. The number of aliphatic hydroxyl groups excluding tert-OH is 1. The lowest BCUT2D eigenvalue weighted by molar-refractivity contribution is -0.150. The number of esters is 1. The SMILES string of the molecule is O=C(COCCOCCOCCOCCOCCOCCOCCOCCO)OCC1C[C@@H](c2ccc3cc(-c4ccccc4C(F)(F)F)[nH]c(=O)c3c2)C(=O)N1. The van der Waals surface area contributed by atoms with E-state index in [0.29, 0.717) is 103 Å². The number of aromatic amines is 1. The summed E-state index contributed by atoms with van der Waals surface area (Å²) in [5, 5.41) is 12.1. The van der Waals surface area contributed by atoms with Gasteiger partial charge in [-0.1, -0.05) is 30.3 Å². The van der Waals surface area contributed by atoms with Gasteiger partial charge in [0, 0.05) is 16.6 Å². The highest BCUT2D eigenvalue weighted by Gasteiger charge is 2.35. The van der Waals surface area contributed by atoms with Gasteiger partial charge in [-0.05, 0) is 35.6 Å². The van der Waals surface area contributed by atoms with E-state index in [1.54, 1.807) is 18.2 Å². The molecule has 0 radical (unpaired) electrons. The van der Waals surface area contributed by atoms with Crippen molar-refractivity contribution in [2.75, 3.05) is 119 Å². The van der Waals surface area contributed by atoms with Gasteiger partial charge in [0.05, 0.1) is 123 Å². The summed E-state index contributed by atoms with van der Waals surface area (Å²) in [4.78, 5) is 40.5. The smallest absolute Gasteiger partial charge is 0.417 e. The van der Waals surface area contributed by atoms with Gasteiger partial charge in [-0.15, -0.1) is 0 Å². The molecule has 0 saturated carbocycles. The average Bonchev–Trinajstić information content (AvgIpc) is 3.58. The summed E-state index contributed by atoms with van der Waals surface area (Å²) in [5.41, 5.74) is -1.000. The highest BCUT2D eigenvalue weighted by atomic mass is 19.4. The van der Waals surface area contributed by atoms with Crippen molar-refractivity contribution < 1.29 is 70.5 Å². The van der Waals surface area contributed by atoms with E-state index in [9.17, 15) is 27.6 Å². The minimum absolute atomic E-state index is 0.00162. The molecule has 1 aliphatic heterocycles. The molecule has 0 aliphatic carbocycles. The number of alkyl halides is 3. The van der Waals surface area contributed by atoms with Crippen LogP contribution in [-0.2, 0) is 58.4 Å². The van der Waals surface area contributed by atoms with Crippen LogP contribution in [0.15, 0.2) is 53.3 Å². The molecular weight excluding hydrogens is 761 g/mol. The van der Waals surface area contributed by atoms with Crippen molar-refractivity contribution >= 4 is 22.6 Å². The maximum absolute atomic E-state index is 13.6. The molecule has 2 aromatic carbocycles. The fourth-order valence-electron chi connectivity index (χ4n) is 5.75. The fourth-order valence-corrected chi connectivity index (χ4v) is 5.75. The molecule has 1 fully saturated rings. The molecular formula is C39H51F3N2O13. The van der Waals surface area contributed by atoms with Crippen LogP contribution < -0.4 is 10.9 Å². The largest absolute Gasteiger partial charge is 0.462 e. The van der Waals surface area contributed by atoms with E-state index in [1.807, 2.05) is 0 Å². The van der Waals surface area contributed by atoms with Gasteiger partial charge in [0.15, 0.2) is 0 Å². The van der Waals surface area contributed by atoms with Gasteiger partial charge in [-0.25, -0.2) is 4.79 Å². The Morgan fingerprint density at radius 1 is 0.702 bits per heavy atom. The predicted molar refractivity (Wildman–Crippen MR) is 199 cm³/mol. The van der Waals surface area contributed by atoms with Crippen molar-refractivity contribution in [2.45, 2.75) is 24.6 Å². The summed E-state index contributed by atoms with van der Waals surface area (Å²) >= 11 is 0. The number of fused-ring (bicyclic) bond motifs is 1. The van der Waals surface area contributed by atoms with Crippen molar-refractivity contribution in [2.24, 2.45) is 0 Å². The second-order valence-corrected chi connectivity index (χ2v) is 12.6. The van der Waals surface area contributed by atoms with Gasteiger partial charge in [0.1, 0.15) is 13.2 Å². The number of nitrogens with one attached hydrogen (secondary N) is 2. The van der Waals surface area contributed by atoms with Crippen LogP contribution in [0.2, 0.25) is 0 Å². The van der Waals surface area contributed by atoms with Crippen LogP contribution in [0.4, 0.5) is 13.2 Å². The average molecular weight is 813 g/mol. The fraction of sp³-hybridized carbons (Fsp3) is 0.564. The van der Waals surface area contributed by atoms with Crippen molar-refractivity contribution in [3.63, 3.8) is 0 Å². The maximum atomic E-state index is 13.6. The first-order valence-corrected chi connectivity index (χ1v) is 18.7. The van der Waals surface area contributed by atoms with E-state index >= 15 is 0 Å². The number of rotatable bonds is 29. The summed E-state index contributed by atoms with van der Waals surface area (Å²) in [6, 6.07) is 10.8. The van der Waals surface area contributed by atoms with Crippen LogP contribution >= 0.6 is 0 Å². The Kier molecular flexibility index (Phi) is 20.4. The van der Waals surface area contributed by atoms with Crippen LogP contribution in [0.3, 0.4) is 0 Å². The third-order valence-corrected chi connectivity index (χ3v) is 8.48. The molecule has 1 aromatic heterocycles. The lowest BCUT2D eigenvalue weighted by atomic mass is 9.93. The lowest BCUT2D eigenvalue weighted by Gasteiger charge is -2.14. The normalized spacial score (nSPS) is 15.7. The number of carbonyl (C=O) groups excluding carboxylic acids is 2. The maximum Gasteiger partial charge on any atom is 0.417 e. The molecule has 1 aliphatic rings. The number of halogens is 3. The van der Waals surface area contributed by atoms with Gasteiger partial charge in [-0.2, -0.15) is 13.2 Å². The molecule has 4 rings (SSSR count). The first-order chi connectivity index (χ1) is 27.7. The lowest BCUT2D eigenvalue weighted by Crippen LogP contribution is -2.31. The Morgan fingerprint density at radius 2 is 1.23 bits per heavy atom. The number of pyridine rings is 1. The Bertz CT molecular complexity index is 1710. The molecule has 18 heteroatoms. The highest BCUT2D eigenvalue weighted by molar-refractivity contribution is 5.90. The second kappa shape index (κ2) is 25.4. The van der Waals surface area contributed by atoms with Crippen molar-refractivity contribution in [1.29, 1.82) is 0 Å². The van der Waals surface area contributed by atoms with E-state index in [4.69, 9.17) is 47.7 Å². The molecule has 316 valence electrons.